The number of carbonyl (C=O) groups excluding carboxylic acids is 2. The van der Waals surface area contributed by atoms with Crippen molar-refractivity contribution in [2.24, 2.45) is 5.73 Å². The van der Waals surface area contributed by atoms with Gasteiger partial charge >= 0.3 is 11.9 Å². The second-order valence-electron chi connectivity index (χ2n) is 1.70. The van der Waals surface area contributed by atoms with E-state index in [0.29, 0.717) is 0 Å². The molecule has 0 fully saturated rings. The molecule has 4 heteroatoms. The van der Waals surface area contributed by atoms with Crippen molar-refractivity contribution in [3.63, 3.8) is 0 Å². The molecule has 0 radical (unpaired) electrons. The number of carbonyl (C=O) groups is 2. The third kappa shape index (κ3) is 3.66. The maximum atomic E-state index is 10.4. The summed E-state index contributed by atoms with van der Waals surface area (Å²) in [6, 6.07) is -0.728. The first-order chi connectivity index (χ1) is 4.04. The van der Waals surface area contributed by atoms with Gasteiger partial charge in [0.2, 0.25) is 0 Å². The van der Waals surface area contributed by atoms with Crippen LogP contribution < -0.4 is 5.73 Å². The molecule has 0 unspecified atom stereocenters. The molecule has 0 aliphatic carbocycles. The van der Waals surface area contributed by atoms with E-state index in [1.807, 2.05) is 0 Å². The Labute approximate surface area is 53.0 Å². The van der Waals surface area contributed by atoms with Gasteiger partial charge in [0.25, 0.3) is 0 Å². The minimum absolute atomic E-state index is 0.627. The van der Waals surface area contributed by atoms with Crippen LogP contribution in [-0.2, 0) is 14.3 Å². The molecule has 0 saturated heterocycles. The summed E-state index contributed by atoms with van der Waals surface area (Å²) in [5.74, 6) is -1.32. The van der Waals surface area contributed by atoms with E-state index >= 15 is 0 Å². The second kappa shape index (κ2) is 3.19. The van der Waals surface area contributed by atoms with Gasteiger partial charge in [0.05, 0.1) is 0 Å². The highest BCUT2D eigenvalue weighted by Gasteiger charge is 2.09. The summed E-state index contributed by atoms with van der Waals surface area (Å²) < 4.78 is 4.11. The third-order valence-corrected chi connectivity index (χ3v) is 0.616. The molecule has 0 rings (SSSR count). The predicted molar refractivity (Wildman–Crippen MR) is 30.4 cm³/mol. The Balaban J connectivity index is 3.64. The van der Waals surface area contributed by atoms with Crippen LogP contribution in [0.3, 0.4) is 0 Å². The Hall–Kier alpha value is -0.900. The van der Waals surface area contributed by atoms with E-state index in [1.165, 1.54) is 6.92 Å². The SMILES string of the molecule is CC(=O)OC(=O)[C@@H](C)N. The van der Waals surface area contributed by atoms with E-state index in [-0.39, 0.29) is 0 Å². The molecule has 52 valence electrons. The molecule has 0 bridgehead atoms. The molecule has 9 heavy (non-hydrogen) atoms. The highest BCUT2D eigenvalue weighted by molar-refractivity contribution is 5.86. The second-order valence-corrected chi connectivity index (χ2v) is 1.70. The summed E-state index contributed by atoms with van der Waals surface area (Å²) in [5.41, 5.74) is 5.06. The van der Waals surface area contributed by atoms with Crippen molar-refractivity contribution < 1.29 is 14.3 Å². The molecule has 0 amide bonds. The number of nitrogens with two attached hydrogens (primary N) is 1. The largest absolute Gasteiger partial charge is 0.392 e. The van der Waals surface area contributed by atoms with Gasteiger partial charge in [-0.05, 0) is 6.92 Å². The molecule has 0 aliphatic rings. The highest BCUT2D eigenvalue weighted by Crippen LogP contribution is 1.83. The van der Waals surface area contributed by atoms with E-state index < -0.39 is 18.0 Å². The lowest BCUT2D eigenvalue weighted by atomic mass is 10.4. The van der Waals surface area contributed by atoms with Gasteiger partial charge in [-0.2, -0.15) is 0 Å². The van der Waals surface area contributed by atoms with Crippen molar-refractivity contribution in [3.05, 3.63) is 0 Å². The van der Waals surface area contributed by atoms with Gasteiger partial charge in [0.1, 0.15) is 6.04 Å². The van der Waals surface area contributed by atoms with Crippen LogP contribution in [-0.4, -0.2) is 18.0 Å². The first-order valence-electron chi connectivity index (χ1n) is 2.52. The first kappa shape index (κ1) is 8.10. The van der Waals surface area contributed by atoms with Crippen LogP contribution in [0, 0.1) is 0 Å². The average Bonchev–Trinajstić information content (AvgIpc) is 1.63. The van der Waals surface area contributed by atoms with E-state index in [4.69, 9.17) is 5.73 Å². The van der Waals surface area contributed by atoms with E-state index in [9.17, 15) is 9.59 Å². The molecule has 0 aliphatic heterocycles. The molecule has 0 aromatic carbocycles. The zero-order chi connectivity index (χ0) is 7.44. The lowest BCUT2D eigenvalue weighted by Gasteiger charge is -2.00. The van der Waals surface area contributed by atoms with Crippen LogP contribution in [0.4, 0.5) is 0 Å². The van der Waals surface area contributed by atoms with Crippen molar-refractivity contribution in [1.82, 2.24) is 0 Å². The zero-order valence-electron chi connectivity index (χ0n) is 5.38. The molecule has 0 saturated carbocycles. The van der Waals surface area contributed by atoms with Crippen LogP contribution >= 0.6 is 0 Å². The lowest BCUT2D eigenvalue weighted by molar-refractivity contribution is -0.158. The van der Waals surface area contributed by atoms with Crippen LogP contribution in [0.25, 0.3) is 0 Å². The fourth-order valence-electron chi connectivity index (χ4n) is 0.235. The Morgan fingerprint density at radius 2 is 2.00 bits per heavy atom. The quantitative estimate of drug-likeness (QED) is 0.382. The molecule has 1 atom stereocenters. The predicted octanol–water partition coefficient (Wildman–Crippen LogP) is -0.577. The Kier molecular flexibility index (Phi) is 2.87. The lowest BCUT2D eigenvalue weighted by Crippen LogP contribution is -2.29. The van der Waals surface area contributed by atoms with Gasteiger partial charge < -0.3 is 10.5 Å². The molecular weight excluding hydrogens is 122 g/mol. The third-order valence-electron chi connectivity index (χ3n) is 0.616. The summed E-state index contributed by atoms with van der Waals surface area (Å²) in [7, 11) is 0. The normalized spacial score (nSPS) is 12.3. The van der Waals surface area contributed by atoms with Crippen LogP contribution in [0.15, 0.2) is 0 Å². The summed E-state index contributed by atoms with van der Waals surface area (Å²) in [6.07, 6.45) is 0. The maximum absolute atomic E-state index is 10.4. The molecule has 4 nitrogen and oxygen atoms in total. The van der Waals surface area contributed by atoms with Gasteiger partial charge in [0.15, 0.2) is 0 Å². The van der Waals surface area contributed by atoms with Gasteiger partial charge in [-0.3, -0.25) is 4.79 Å². The number of hydrogen-bond donors (Lipinski definition) is 1. The number of rotatable bonds is 1. The molecule has 0 aromatic heterocycles. The first-order valence-corrected chi connectivity index (χ1v) is 2.52. The van der Waals surface area contributed by atoms with E-state index in [2.05, 4.69) is 4.74 Å². The van der Waals surface area contributed by atoms with E-state index in [0.717, 1.165) is 6.92 Å². The zero-order valence-corrected chi connectivity index (χ0v) is 5.38. The topological polar surface area (TPSA) is 69.4 Å². The summed E-state index contributed by atoms with van der Waals surface area (Å²) in [6.45, 7) is 2.60. The fraction of sp³-hybridized carbons (Fsp3) is 0.600. The molecule has 2 N–H and O–H groups in total. The molecule has 0 aromatic rings. The van der Waals surface area contributed by atoms with Crippen molar-refractivity contribution in [2.45, 2.75) is 19.9 Å². The van der Waals surface area contributed by atoms with Crippen molar-refractivity contribution >= 4 is 11.9 Å². The smallest absolute Gasteiger partial charge is 0.330 e. The highest BCUT2D eigenvalue weighted by atomic mass is 16.6. The number of hydrogen-bond acceptors (Lipinski definition) is 4. The summed E-state index contributed by atoms with van der Waals surface area (Å²) in [5, 5.41) is 0. The van der Waals surface area contributed by atoms with Crippen molar-refractivity contribution in [1.29, 1.82) is 0 Å². The Morgan fingerprint density at radius 3 is 2.11 bits per heavy atom. The van der Waals surface area contributed by atoms with Gasteiger partial charge in [-0.1, -0.05) is 0 Å². The fourth-order valence-corrected chi connectivity index (χ4v) is 0.235. The molecule has 0 spiro atoms. The van der Waals surface area contributed by atoms with Crippen LogP contribution in [0.2, 0.25) is 0 Å². The van der Waals surface area contributed by atoms with Crippen LogP contribution in [0.1, 0.15) is 13.8 Å². The monoisotopic (exact) mass is 131 g/mol. The summed E-state index contributed by atoms with van der Waals surface area (Å²) >= 11 is 0. The standard InChI is InChI=1S/C5H9NO3/c1-3(6)5(8)9-4(2)7/h3H,6H2,1-2H3/t3-/m1/s1. The Morgan fingerprint density at radius 1 is 1.56 bits per heavy atom. The minimum atomic E-state index is -0.728. The maximum Gasteiger partial charge on any atom is 0.330 e. The van der Waals surface area contributed by atoms with Gasteiger partial charge in [0, 0.05) is 6.92 Å². The minimum Gasteiger partial charge on any atom is -0.392 e. The van der Waals surface area contributed by atoms with E-state index in [1.54, 1.807) is 0 Å². The molecular formula is C5H9NO3. The van der Waals surface area contributed by atoms with Gasteiger partial charge in [-0.25, -0.2) is 4.79 Å². The van der Waals surface area contributed by atoms with Gasteiger partial charge in [-0.15, -0.1) is 0 Å². The number of ether oxygens (including phenoxy) is 1. The molecule has 0 heterocycles. The van der Waals surface area contributed by atoms with Crippen molar-refractivity contribution in [2.75, 3.05) is 0 Å². The Bertz CT molecular complexity index is 130. The number of esters is 2. The van der Waals surface area contributed by atoms with Crippen molar-refractivity contribution in [3.8, 4) is 0 Å². The average molecular weight is 131 g/mol. The van der Waals surface area contributed by atoms with Crippen LogP contribution in [0.5, 0.6) is 0 Å². The summed E-state index contributed by atoms with van der Waals surface area (Å²) in [4.78, 5) is 20.4.